The van der Waals surface area contributed by atoms with Gasteiger partial charge in [-0.1, -0.05) is 5.92 Å². The number of carbonyl (C=O) groups excluding carboxylic acids is 2. The molecule has 1 rings (SSSR count). The van der Waals surface area contributed by atoms with Crippen LogP contribution in [0.25, 0.3) is 0 Å². The first-order valence-corrected chi connectivity index (χ1v) is 7.19. The van der Waals surface area contributed by atoms with Crippen LogP contribution in [0.1, 0.15) is 30.1 Å². The zero-order valence-corrected chi connectivity index (χ0v) is 13.0. The maximum Gasteiger partial charge on any atom is 0.265 e. The van der Waals surface area contributed by atoms with Gasteiger partial charge < -0.3 is 15.8 Å². The van der Waals surface area contributed by atoms with Gasteiger partial charge in [-0.05, 0) is 50.6 Å². The summed E-state index contributed by atoms with van der Waals surface area (Å²) in [7, 11) is 0. The zero-order valence-electron chi connectivity index (χ0n) is 13.0. The fourth-order valence-electron chi connectivity index (χ4n) is 1.80. The highest BCUT2D eigenvalue weighted by molar-refractivity contribution is 5.97. The molecule has 1 atom stereocenters. The Hall–Kier alpha value is -2.56. The van der Waals surface area contributed by atoms with E-state index in [1.54, 1.807) is 36.7 Å². The Kier molecular flexibility index (Phi) is 8.21. The fourth-order valence-corrected chi connectivity index (χ4v) is 1.80. The van der Waals surface area contributed by atoms with Gasteiger partial charge in [0.2, 0.25) is 0 Å². The largest absolute Gasteiger partial charge is 0.481 e. The van der Waals surface area contributed by atoms with Crippen molar-refractivity contribution in [3.8, 4) is 17.6 Å². The van der Waals surface area contributed by atoms with Gasteiger partial charge in [0, 0.05) is 5.56 Å². The first-order chi connectivity index (χ1) is 11.1. The quantitative estimate of drug-likeness (QED) is 0.315. The number of nitrogens with two attached hydrogens (primary N) is 1. The van der Waals surface area contributed by atoms with Crippen LogP contribution in [0.4, 0.5) is 0 Å². The molecule has 124 valence electrons. The van der Waals surface area contributed by atoms with E-state index in [9.17, 15) is 9.59 Å². The molecule has 7 heteroatoms. The molecule has 0 spiro atoms. The smallest absolute Gasteiger partial charge is 0.265 e. The first kappa shape index (κ1) is 18.5. The molecule has 7 nitrogen and oxygen atoms in total. The number of carbonyl (C=O) groups is 2. The van der Waals surface area contributed by atoms with Crippen LogP contribution in [0, 0.1) is 11.8 Å². The molecule has 0 aliphatic heterocycles. The summed E-state index contributed by atoms with van der Waals surface area (Å²) in [6.07, 6.45) is 0.884. The highest BCUT2D eigenvalue weighted by Gasteiger charge is 2.20. The molecule has 0 radical (unpaired) electrons. The van der Waals surface area contributed by atoms with Gasteiger partial charge in [-0.15, -0.1) is 5.92 Å². The summed E-state index contributed by atoms with van der Waals surface area (Å²) in [5.74, 6) is 4.98. The lowest BCUT2D eigenvalue weighted by Gasteiger charge is -2.16. The number of ether oxygens (including phenoxy) is 1. The van der Waals surface area contributed by atoms with Crippen molar-refractivity contribution >= 4 is 11.8 Å². The Morgan fingerprint density at radius 2 is 2.04 bits per heavy atom. The van der Waals surface area contributed by atoms with Gasteiger partial charge in [0.1, 0.15) is 18.4 Å². The van der Waals surface area contributed by atoms with Crippen molar-refractivity contribution in [2.24, 2.45) is 5.73 Å². The van der Waals surface area contributed by atoms with E-state index < -0.39 is 17.9 Å². The SMILES string of the molecule is CC#CCOc1ccc(C(=O)NC(CCCN)C(=O)NO)cc1. The predicted molar refractivity (Wildman–Crippen MR) is 84.9 cm³/mol. The molecule has 1 unspecified atom stereocenters. The van der Waals surface area contributed by atoms with E-state index in [0.29, 0.717) is 30.7 Å². The molecule has 0 fully saturated rings. The monoisotopic (exact) mass is 319 g/mol. The molecule has 0 saturated carbocycles. The Balaban J connectivity index is 2.67. The second-order valence-corrected chi connectivity index (χ2v) is 4.67. The Morgan fingerprint density at radius 1 is 1.35 bits per heavy atom. The van der Waals surface area contributed by atoms with Crippen LogP contribution in [0.5, 0.6) is 5.75 Å². The number of nitrogens with one attached hydrogen (secondary N) is 2. The fraction of sp³-hybridized carbons (Fsp3) is 0.375. The standard InChI is InChI=1S/C16H21N3O4/c1-2-3-11-23-13-8-6-12(7-9-13)15(20)18-14(5-4-10-17)16(21)19-22/h6-9,14,22H,4-5,10-11,17H2,1H3,(H,18,20)(H,19,21). The lowest BCUT2D eigenvalue weighted by atomic mass is 10.1. The van der Waals surface area contributed by atoms with Crippen molar-refractivity contribution in [2.45, 2.75) is 25.8 Å². The molecular formula is C16H21N3O4. The van der Waals surface area contributed by atoms with Gasteiger partial charge >= 0.3 is 0 Å². The van der Waals surface area contributed by atoms with Crippen molar-refractivity contribution in [1.82, 2.24) is 10.8 Å². The maximum absolute atomic E-state index is 12.1. The topological polar surface area (TPSA) is 114 Å². The third-order valence-corrected chi connectivity index (χ3v) is 3.03. The minimum Gasteiger partial charge on any atom is -0.481 e. The zero-order chi connectivity index (χ0) is 17.1. The van der Waals surface area contributed by atoms with Crippen LogP contribution < -0.4 is 21.3 Å². The summed E-state index contributed by atoms with van der Waals surface area (Å²) in [4.78, 5) is 23.7. The second kappa shape index (κ2) is 10.2. The van der Waals surface area contributed by atoms with E-state index in [1.165, 1.54) is 0 Å². The third kappa shape index (κ3) is 6.38. The third-order valence-electron chi connectivity index (χ3n) is 3.03. The number of amides is 2. The Labute approximate surface area is 135 Å². The van der Waals surface area contributed by atoms with E-state index in [-0.39, 0.29) is 6.61 Å². The van der Waals surface area contributed by atoms with E-state index in [1.807, 2.05) is 0 Å². The lowest BCUT2D eigenvalue weighted by molar-refractivity contribution is -0.131. The summed E-state index contributed by atoms with van der Waals surface area (Å²) in [6.45, 7) is 2.39. The van der Waals surface area contributed by atoms with Crippen molar-refractivity contribution in [3.05, 3.63) is 29.8 Å². The average molecular weight is 319 g/mol. The number of rotatable bonds is 8. The molecule has 0 aliphatic carbocycles. The first-order valence-electron chi connectivity index (χ1n) is 7.19. The average Bonchev–Trinajstić information content (AvgIpc) is 2.58. The molecule has 5 N–H and O–H groups in total. The van der Waals surface area contributed by atoms with Gasteiger partial charge in [-0.2, -0.15) is 0 Å². The predicted octanol–water partition coefficient (Wildman–Crippen LogP) is 0.431. The second-order valence-electron chi connectivity index (χ2n) is 4.67. The molecule has 2 amide bonds. The van der Waals surface area contributed by atoms with Crippen molar-refractivity contribution in [3.63, 3.8) is 0 Å². The molecule has 1 aromatic rings. The number of hydrogen-bond donors (Lipinski definition) is 4. The summed E-state index contributed by atoms with van der Waals surface area (Å²) >= 11 is 0. The molecule has 0 saturated heterocycles. The van der Waals surface area contributed by atoms with Crippen LogP contribution in [0.3, 0.4) is 0 Å². The van der Waals surface area contributed by atoms with Gasteiger partial charge in [0.25, 0.3) is 11.8 Å². The highest BCUT2D eigenvalue weighted by atomic mass is 16.5. The molecule has 1 aromatic carbocycles. The van der Waals surface area contributed by atoms with Gasteiger partial charge in [-0.3, -0.25) is 14.8 Å². The molecule has 23 heavy (non-hydrogen) atoms. The van der Waals surface area contributed by atoms with E-state index >= 15 is 0 Å². The van der Waals surface area contributed by atoms with E-state index in [4.69, 9.17) is 15.7 Å². The molecule has 0 aromatic heterocycles. The number of hydroxylamine groups is 1. The van der Waals surface area contributed by atoms with Gasteiger partial charge in [0.05, 0.1) is 0 Å². The Morgan fingerprint density at radius 3 is 2.61 bits per heavy atom. The summed E-state index contributed by atoms with van der Waals surface area (Å²) < 4.78 is 5.35. The van der Waals surface area contributed by atoms with Crippen molar-refractivity contribution in [2.75, 3.05) is 13.2 Å². The van der Waals surface area contributed by atoms with Crippen molar-refractivity contribution < 1.29 is 19.5 Å². The van der Waals surface area contributed by atoms with E-state index in [2.05, 4.69) is 17.2 Å². The van der Waals surface area contributed by atoms with Crippen LogP contribution >= 0.6 is 0 Å². The highest BCUT2D eigenvalue weighted by Crippen LogP contribution is 2.12. The summed E-state index contributed by atoms with van der Waals surface area (Å²) in [5, 5.41) is 11.3. The van der Waals surface area contributed by atoms with Crippen LogP contribution in [0.15, 0.2) is 24.3 Å². The van der Waals surface area contributed by atoms with Crippen LogP contribution in [-0.4, -0.2) is 36.2 Å². The van der Waals surface area contributed by atoms with Crippen LogP contribution in [0.2, 0.25) is 0 Å². The number of hydrogen-bond acceptors (Lipinski definition) is 5. The number of benzene rings is 1. The summed E-state index contributed by atoms with van der Waals surface area (Å²) in [5.41, 5.74) is 7.32. The Bertz CT molecular complexity index is 575. The van der Waals surface area contributed by atoms with Crippen molar-refractivity contribution in [1.29, 1.82) is 0 Å². The molecular weight excluding hydrogens is 298 g/mol. The molecule has 0 bridgehead atoms. The van der Waals surface area contributed by atoms with Gasteiger partial charge in [-0.25, -0.2) is 5.48 Å². The molecule has 0 heterocycles. The van der Waals surface area contributed by atoms with Crippen LogP contribution in [-0.2, 0) is 4.79 Å². The minimum atomic E-state index is -0.841. The minimum absolute atomic E-state index is 0.278. The maximum atomic E-state index is 12.1. The van der Waals surface area contributed by atoms with Gasteiger partial charge in [0.15, 0.2) is 0 Å². The van der Waals surface area contributed by atoms with E-state index in [0.717, 1.165) is 0 Å². The normalized spacial score (nSPS) is 10.9. The summed E-state index contributed by atoms with van der Waals surface area (Å²) in [6, 6.07) is 5.62. The molecule has 0 aliphatic rings. The lowest BCUT2D eigenvalue weighted by Crippen LogP contribution is -2.46.